The van der Waals surface area contributed by atoms with Crippen molar-refractivity contribution in [3.63, 3.8) is 0 Å². The van der Waals surface area contributed by atoms with Crippen molar-refractivity contribution in [2.24, 2.45) is 5.41 Å². The van der Waals surface area contributed by atoms with Gasteiger partial charge in [0, 0.05) is 44.2 Å². The number of nitrogens with one attached hydrogen (secondary N) is 1. The topological polar surface area (TPSA) is 143 Å². The second-order valence-electron chi connectivity index (χ2n) is 13.4. The van der Waals surface area contributed by atoms with Gasteiger partial charge in [-0.15, -0.1) is 0 Å². The SMILES string of the molecule is CC(C)(C)OC(=O)N1[C@H](C(C)(C)C)OC[C@@]1(C)C(=O)N1CCN(C(=O)Nc2ccn(-c3cccc(CC=O)c3)c(=O)n2)CC1. The van der Waals surface area contributed by atoms with Gasteiger partial charge in [0.1, 0.15) is 29.5 Å². The minimum absolute atomic E-state index is 0.0201. The van der Waals surface area contributed by atoms with E-state index in [2.05, 4.69) is 10.3 Å². The summed E-state index contributed by atoms with van der Waals surface area (Å²) in [7, 11) is 0. The van der Waals surface area contributed by atoms with Crippen molar-refractivity contribution < 1.29 is 28.7 Å². The maximum atomic E-state index is 13.9. The average Bonchev–Trinajstić information content (AvgIpc) is 3.31. The highest BCUT2D eigenvalue weighted by molar-refractivity contribution is 5.91. The number of urea groups is 1. The zero-order valence-corrected chi connectivity index (χ0v) is 26.5. The van der Waals surface area contributed by atoms with Crippen LogP contribution in [0.4, 0.5) is 15.4 Å². The van der Waals surface area contributed by atoms with Crippen LogP contribution in [0.2, 0.25) is 0 Å². The lowest BCUT2D eigenvalue weighted by molar-refractivity contribution is -0.144. The van der Waals surface area contributed by atoms with Crippen molar-refractivity contribution in [1.82, 2.24) is 24.3 Å². The highest BCUT2D eigenvalue weighted by atomic mass is 16.6. The van der Waals surface area contributed by atoms with Crippen molar-refractivity contribution in [2.75, 3.05) is 38.1 Å². The molecule has 1 aromatic heterocycles. The van der Waals surface area contributed by atoms with Gasteiger partial charge in [0.15, 0.2) is 0 Å². The molecule has 13 heteroatoms. The number of hydrogen-bond donors (Lipinski definition) is 1. The molecule has 2 aromatic rings. The van der Waals surface area contributed by atoms with Gasteiger partial charge in [-0.25, -0.2) is 14.4 Å². The minimum atomic E-state index is -1.29. The fourth-order valence-corrected chi connectivity index (χ4v) is 5.30. The number of amides is 4. The van der Waals surface area contributed by atoms with Crippen molar-refractivity contribution in [2.45, 2.75) is 72.3 Å². The Morgan fingerprint density at radius 3 is 2.32 bits per heavy atom. The first-order valence-electron chi connectivity index (χ1n) is 14.7. The van der Waals surface area contributed by atoms with Crippen molar-refractivity contribution in [3.05, 3.63) is 52.6 Å². The molecule has 0 spiro atoms. The van der Waals surface area contributed by atoms with E-state index < -0.39 is 40.6 Å². The quantitative estimate of drug-likeness (QED) is 0.509. The number of nitrogens with zero attached hydrogens (tertiary/aromatic N) is 5. The van der Waals surface area contributed by atoms with Gasteiger partial charge in [-0.1, -0.05) is 32.9 Å². The van der Waals surface area contributed by atoms with E-state index >= 15 is 0 Å². The molecule has 0 saturated carbocycles. The molecule has 3 heterocycles. The summed E-state index contributed by atoms with van der Waals surface area (Å²) in [5.41, 5.74) is -1.78. The number of carbonyl (C=O) groups is 4. The maximum absolute atomic E-state index is 13.9. The third-order valence-corrected chi connectivity index (χ3v) is 7.48. The molecule has 2 aliphatic rings. The van der Waals surface area contributed by atoms with E-state index in [-0.39, 0.29) is 50.9 Å². The number of piperazine rings is 1. The lowest BCUT2D eigenvalue weighted by Crippen LogP contribution is -2.64. The Bertz CT molecular complexity index is 1470. The molecule has 4 rings (SSSR count). The lowest BCUT2D eigenvalue weighted by atomic mass is 9.91. The van der Waals surface area contributed by atoms with Crippen LogP contribution in [-0.4, -0.2) is 98.7 Å². The number of hydrogen-bond acceptors (Lipinski definition) is 8. The third kappa shape index (κ3) is 7.09. The van der Waals surface area contributed by atoms with Crippen LogP contribution in [0.15, 0.2) is 41.3 Å². The fourth-order valence-electron chi connectivity index (χ4n) is 5.30. The van der Waals surface area contributed by atoms with Crippen molar-refractivity contribution >= 4 is 30.1 Å². The molecule has 2 saturated heterocycles. The molecule has 0 bridgehead atoms. The second kappa shape index (κ2) is 12.4. The number of rotatable bonds is 5. The van der Waals surface area contributed by atoms with E-state index in [0.717, 1.165) is 11.8 Å². The zero-order chi connectivity index (χ0) is 32.4. The summed E-state index contributed by atoms with van der Waals surface area (Å²) in [4.78, 5) is 72.4. The molecule has 0 unspecified atom stereocenters. The number of carbonyl (C=O) groups excluding carboxylic acids is 4. The Kier molecular flexibility index (Phi) is 9.19. The molecule has 4 amide bonds. The molecule has 44 heavy (non-hydrogen) atoms. The number of aromatic nitrogens is 2. The number of aldehydes is 1. The molecule has 2 fully saturated rings. The van der Waals surface area contributed by atoms with Gasteiger partial charge in [-0.3, -0.25) is 19.6 Å². The molecular formula is C31H42N6O7. The van der Waals surface area contributed by atoms with Crippen LogP contribution in [0.25, 0.3) is 5.69 Å². The van der Waals surface area contributed by atoms with Crippen LogP contribution < -0.4 is 11.0 Å². The first-order valence-corrected chi connectivity index (χ1v) is 14.7. The van der Waals surface area contributed by atoms with E-state index in [0.29, 0.717) is 5.69 Å². The summed E-state index contributed by atoms with van der Waals surface area (Å²) in [6, 6.07) is 8.06. The number of benzene rings is 1. The van der Waals surface area contributed by atoms with Crippen LogP contribution in [0.1, 0.15) is 54.0 Å². The highest BCUT2D eigenvalue weighted by Crippen LogP contribution is 2.39. The first-order chi connectivity index (χ1) is 20.5. The van der Waals surface area contributed by atoms with Crippen LogP contribution in [0.5, 0.6) is 0 Å². The minimum Gasteiger partial charge on any atom is -0.444 e. The molecule has 0 radical (unpaired) electrons. The fraction of sp³-hybridized carbons (Fsp3) is 0.548. The Morgan fingerprint density at radius 1 is 1.07 bits per heavy atom. The average molecular weight is 611 g/mol. The van der Waals surface area contributed by atoms with E-state index in [4.69, 9.17) is 9.47 Å². The van der Waals surface area contributed by atoms with Gasteiger partial charge in [-0.2, -0.15) is 4.98 Å². The van der Waals surface area contributed by atoms with E-state index in [1.165, 1.54) is 26.6 Å². The summed E-state index contributed by atoms with van der Waals surface area (Å²) in [5.74, 6) is -0.187. The van der Waals surface area contributed by atoms with E-state index in [1.54, 1.807) is 56.9 Å². The summed E-state index contributed by atoms with van der Waals surface area (Å²) >= 11 is 0. The number of ether oxygens (including phenoxy) is 2. The first kappa shape index (κ1) is 32.6. The normalized spacial score (nSPS) is 20.8. The Hall–Kier alpha value is -4.26. The second-order valence-corrected chi connectivity index (χ2v) is 13.4. The molecular weight excluding hydrogens is 568 g/mol. The van der Waals surface area contributed by atoms with Crippen LogP contribution in [0, 0.1) is 5.41 Å². The smallest absolute Gasteiger partial charge is 0.413 e. The maximum Gasteiger partial charge on any atom is 0.413 e. The zero-order valence-electron chi connectivity index (χ0n) is 26.5. The Labute approximate surface area is 257 Å². The molecule has 238 valence electrons. The van der Waals surface area contributed by atoms with Crippen molar-refractivity contribution in [3.8, 4) is 5.69 Å². The van der Waals surface area contributed by atoms with Gasteiger partial charge in [0.2, 0.25) is 0 Å². The highest BCUT2D eigenvalue weighted by Gasteiger charge is 2.57. The van der Waals surface area contributed by atoms with Crippen molar-refractivity contribution in [1.29, 1.82) is 0 Å². The molecule has 1 aromatic carbocycles. The molecule has 1 N–H and O–H groups in total. The predicted octanol–water partition coefficient (Wildman–Crippen LogP) is 3.05. The van der Waals surface area contributed by atoms with Crippen LogP contribution in [-0.2, 0) is 25.5 Å². The van der Waals surface area contributed by atoms with Gasteiger partial charge in [0.05, 0.1) is 12.3 Å². The Balaban J connectivity index is 1.40. The number of anilines is 1. The lowest BCUT2D eigenvalue weighted by Gasteiger charge is -2.43. The van der Waals surface area contributed by atoms with Gasteiger partial charge in [-0.05, 0) is 51.5 Å². The monoisotopic (exact) mass is 610 g/mol. The largest absolute Gasteiger partial charge is 0.444 e. The van der Waals surface area contributed by atoms with E-state index in [1.807, 2.05) is 20.8 Å². The predicted molar refractivity (Wildman–Crippen MR) is 162 cm³/mol. The molecule has 2 atom stereocenters. The third-order valence-electron chi connectivity index (χ3n) is 7.48. The Morgan fingerprint density at radius 2 is 1.73 bits per heavy atom. The van der Waals surface area contributed by atoms with Crippen LogP contribution in [0.3, 0.4) is 0 Å². The van der Waals surface area contributed by atoms with Gasteiger partial charge >= 0.3 is 17.8 Å². The van der Waals surface area contributed by atoms with E-state index in [9.17, 15) is 24.0 Å². The summed E-state index contributed by atoms with van der Waals surface area (Å²) in [6.07, 6.45) is 1.25. The molecule has 2 aliphatic heterocycles. The standard InChI is InChI=1S/C31H42N6O7/c1-29(2,3)25-37(28(42)44-30(4,5)6)31(7,20-43-25)24(39)34-14-16-35(17-15-34)26(40)32-23-11-13-36(27(41)33-23)22-10-8-9-21(19-22)12-18-38/h8-11,13,18-19,25H,12,14-17,20H2,1-7H3,(H,32,33,40,41)/t25-,31-/m0/s1. The van der Waals surface area contributed by atoms with Gasteiger partial charge in [0.25, 0.3) is 5.91 Å². The van der Waals surface area contributed by atoms with Gasteiger partial charge < -0.3 is 24.1 Å². The van der Waals surface area contributed by atoms with Crippen LogP contribution >= 0.6 is 0 Å². The summed E-state index contributed by atoms with van der Waals surface area (Å²) in [5, 5.41) is 2.66. The summed E-state index contributed by atoms with van der Waals surface area (Å²) in [6.45, 7) is 13.8. The summed E-state index contributed by atoms with van der Waals surface area (Å²) < 4.78 is 13.0. The molecule has 0 aliphatic carbocycles. The molecule has 13 nitrogen and oxygen atoms in total.